The zero-order valence-electron chi connectivity index (χ0n) is 11.6. The van der Waals surface area contributed by atoms with E-state index in [4.69, 9.17) is 4.42 Å². The van der Waals surface area contributed by atoms with Crippen LogP contribution in [-0.4, -0.2) is 55.2 Å². The minimum atomic E-state index is 0.731. The topological polar surface area (TPSA) is 44.5 Å². The van der Waals surface area contributed by atoms with Gasteiger partial charge >= 0.3 is 0 Å². The molecule has 2 aromatic rings. The molecule has 1 N–H and O–H groups in total. The summed E-state index contributed by atoms with van der Waals surface area (Å²) in [6.07, 6.45) is 4.88. The molecule has 20 heavy (non-hydrogen) atoms. The molecule has 2 aliphatic heterocycles. The van der Waals surface area contributed by atoms with E-state index in [1.54, 1.807) is 6.26 Å². The minimum absolute atomic E-state index is 0.731. The lowest BCUT2D eigenvalue weighted by Crippen LogP contribution is -2.51. The van der Waals surface area contributed by atoms with Gasteiger partial charge in [0.05, 0.1) is 11.6 Å². The van der Waals surface area contributed by atoms with Gasteiger partial charge in [-0.25, -0.2) is 4.98 Å². The smallest absolute Gasteiger partial charge is 0.139 e. The molecule has 4 rings (SSSR count). The molecule has 0 bridgehead atoms. The summed E-state index contributed by atoms with van der Waals surface area (Å²) in [6.45, 7) is 6.67. The molecular formula is C15H20N4O. The third-order valence-electron chi connectivity index (χ3n) is 4.52. The van der Waals surface area contributed by atoms with Crippen LogP contribution in [0.25, 0.3) is 11.0 Å². The van der Waals surface area contributed by atoms with E-state index in [2.05, 4.69) is 20.1 Å². The fraction of sp³-hybridized carbons (Fsp3) is 0.533. The van der Waals surface area contributed by atoms with Gasteiger partial charge in [-0.2, -0.15) is 0 Å². The summed E-state index contributed by atoms with van der Waals surface area (Å²) in [5.41, 5.74) is 0.928. The van der Waals surface area contributed by atoms with E-state index in [9.17, 15) is 0 Å². The standard InChI is InChI=1S/C15H20N4O/c1-4-16-11-12(1)18-6-8-19(9-7-18)15-13-3-10-20-14(13)2-5-17-15/h2-3,5,10,12,16H,1,4,6-9,11H2. The predicted molar refractivity (Wildman–Crippen MR) is 79.1 cm³/mol. The molecule has 0 aromatic carbocycles. The highest BCUT2D eigenvalue weighted by Crippen LogP contribution is 2.26. The zero-order chi connectivity index (χ0) is 13.4. The van der Waals surface area contributed by atoms with Crippen molar-refractivity contribution >= 4 is 16.8 Å². The fourth-order valence-electron chi connectivity index (χ4n) is 3.38. The Balaban J connectivity index is 1.50. The summed E-state index contributed by atoms with van der Waals surface area (Å²) >= 11 is 0. The molecule has 2 saturated heterocycles. The molecule has 4 heterocycles. The maximum atomic E-state index is 5.47. The summed E-state index contributed by atoms with van der Waals surface area (Å²) < 4.78 is 5.47. The van der Waals surface area contributed by atoms with E-state index < -0.39 is 0 Å². The lowest BCUT2D eigenvalue weighted by atomic mass is 10.2. The summed E-state index contributed by atoms with van der Waals surface area (Å²) in [5, 5.41) is 4.58. The molecule has 0 amide bonds. The number of aromatic nitrogens is 1. The first-order chi connectivity index (χ1) is 9.92. The van der Waals surface area contributed by atoms with E-state index in [0.29, 0.717) is 0 Å². The van der Waals surface area contributed by atoms with Crippen LogP contribution in [0.5, 0.6) is 0 Å². The van der Waals surface area contributed by atoms with Gasteiger partial charge in [-0.1, -0.05) is 0 Å². The SMILES string of the molecule is c1cc2occc2c(N2CCN(C3CCNC3)CC2)n1. The molecule has 106 valence electrons. The second-order valence-corrected chi connectivity index (χ2v) is 5.64. The van der Waals surface area contributed by atoms with Crippen molar-refractivity contribution in [3.63, 3.8) is 0 Å². The van der Waals surface area contributed by atoms with E-state index in [1.165, 1.54) is 13.0 Å². The second kappa shape index (κ2) is 5.07. The number of fused-ring (bicyclic) bond motifs is 1. The molecule has 0 radical (unpaired) electrons. The lowest BCUT2D eigenvalue weighted by molar-refractivity contribution is 0.196. The van der Waals surface area contributed by atoms with Crippen LogP contribution >= 0.6 is 0 Å². The molecular weight excluding hydrogens is 252 g/mol. The van der Waals surface area contributed by atoms with Crippen LogP contribution in [0.4, 0.5) is 5.82 Å². The van der Waals surface area contributed by atoms with Crippen molar-refractivity contribution in [2.24, 2.45) is 0 Å². The number of hydrogen-bond donors (Lipinski definition) is 1. The van der Waals surface area contributed by atoms with Gasteiger partial charge in [0.2, 0.25) is 0 Å². The summed E-state index contributed by atoms with van der Waals surface area (Å²) in [5.74, 6) is 1.07. The number of piperazine rings is 1. The average molecular weight is 272 g/mol. The van der Waals surface area contributed by atoms with Gasteiger partial charge in [0.25, 0.3) is 0 Å². The Kier molecular flexibility index (Phi) is 3.09. The van der Waals surface area contributed by atoms with Crippen molar-refractivity contribution in [2.75, 3.05) is 44.2 Å². The number of anilines is 1. The first-order valence-corrected chi connectivity index (χ1v) is 7.44. The van der Waals surface area contributed by atoms with Gasteiger partial charge in [0.1, 0.15) is 11.4 Å². The molecule has 2 aromatic heterocycles. The Morgan fingerprint density at radius 1 is 1.20 bits per heavy atom. The number of hydrogen-bond acceptors (Lipinski definition) is 5. The largest absolute Gasteiger partial charge is 0.464 e. The van der Waals surface area contributed by atoms with Crippen LogP contribution in [0.3, 0.4) is 0 Å². The van der Waals surface area contributed by atoms with Crippen molar-refractivity contribution in [1.82, 2.24) is 15.2 Å². The molecule has 0 saturated carbocycles. The number of pyridine rings is 1. The first kappa shape index (κ1) is 12.2. The number of nitrogens with zero attached hydrogens (tertiary/aromatic N) is 3. The van der Waals surface area contributed by atoms with Gasteiger partial charge in [0, 0.05) is 45.0 Å². The Morgan fingerprint density at radius 3 is 2.90 bits per heavy atom. The average Bonchev–Trinajstić information content (AvgIpc) is 3.18. The van der Waals surface area contributed by atoms with Gasteiger partial charge in [0.15, 0.2) is 0 Å². The monoisotopic (exact) mass is 272 g/mol. The van der Waals surface area contributed by atoms with Crippen molar-refractivity contribution in [2.45, 2.75) is 12.5 Å². The van der Waals surface area contributed by atoms with Crippen LogP contribution in [0.1, 0.15) is 6.42 Å². The van der Waals surface area contributed by atoms with Crippen LogP contribution < -0.4 is 10.2 Å². The molecule has 1 atom stereocenters. The highest BCUT2D eigenvalue weighted by Gasteiger charge is 2.27. The molecule has 5 nitrogen and oxygen atoms in total. The van der Waals surface area contributed by atoms with Gasteiger partial charge in [-0.05, 0) is 25.1 Å². The van der Waals surface area contributed by atoms with Crippen molar-refractivity contribution in [3.05, 3.63) is 24.6 Å². The van der Waals surface area contributed by atoms with Gasteiger partial charge < -0.3 is 14.6 Å². The zero-order valence-corrected chi connectivity index (χ0v) is 11.6. The van der Waals surface area contributed by atoms with E-state index >= 15 is 0 Å². The molecule has 0 spiro atoms. The van der Waals surface area contributed by atoms with Crippen molar-refractivity contribution < 1.29 is 4.42 Å². The summed E-state index contributed by atoms with van der Waals surface area (Å²) in [6, 6.07) is 4.68. The number of nitrogens with one attached hydrogen (secondary N) is 1. The van der Waals surface area contributed by atoms with Crippen molar-refractivity contribution in [1.29, 1.82) is 0 Å². The summed E-state index contributed by atoms with van der Waals surface area (Å²) in [7, 11) is 0. The third-order valence-corrected chi connectivity index (χ3v) is 4.52. The van der Waals surface area contributed by atoms with Crippen LogP contribution in [0.15, 0.2) is 29.0 Å². The maximum absolute atomic E-state index is 5.47. The third kappa shape index (κ3) is 2.07. The maximum Gasteiger partial charge on any atom is 0.139 e. The molecule has 2 aliphatic rings. The molecule has 1 unspecified atom stereocenters. The number of furan rings is 1. The quantitative estimate of drug-likeness (QED) is 0.893. The Bertz CT molecular complexity index is 582. The van der Waals surface area contributed by atoms with Crippen LogP contribution in [-0.2, 0) is 0 Å². The van der Waals surface area contributed by atoms with E-state index in [1.807, 2.05) is 18.3 Å². The summed E-state index contributed by atoms with van der Waals surface area (Å²) in [4.78, 5) is 9.56. The number of rotatable bonds is 2. The van der Waals surface area contributed by atoms with E-state index in [-0.39, 0.29) is 0 Å². The highest BCUT2D eigenvalue weighted by molar-refractivity contribution is 5.88. The van der Waals surface area contributed by atoms with E-state index in [0.717, 1.165) is 55.6 Å². The molecule has 5 heteroatoms. The van der Waals surface area contributed by atoms with Gasteiger partial charge in [-0.3, -0.25) is 4.90 Å². The van der Waals surface area contributed by atoms with Crippen LogP contribution in [0.2, 0.25) is 0 Å². The first-order valence-electron chi connectivity index (χ1n) is 7.44. The Hall–Kier alpha value is -1.59. The fourth-order valence-corrected chi connectivity index (χ4v) is 3.38. The van der Waals surface area contributed by atoms with Crippen molar-refractivity contribution in [3.8, 4) is 0 Å². The Morgan fingerprint density at radius 2 is 2.10 bits per heavy atom. The lowest BCUT2D eigenvalue weighted by Gasteiger charge is -2.38. The van der Waals surface area contributed by atoms with Crippen LogP contribution in [0, 0.1) is 0 Å². The second-order valence-electron chi connectivity index (χ2n) is 5.64. The highest BCUT2D eigenvalue weighted by atomic mass is 16.3. The normalized spacial score (nSPS) is 24.6. The predicted octanol–water partition coefficient (Wildman–Crippen LogP) is 1.31. The molecule has 2 fully saturated rings. The molecule has 0 aliphatic carbocycles. The Labute approximate surface area is 118 Å². The minimum Gasteiger partial charge on any atom is -0.464 e. The van der Waals surface area contributed by atoms with Gasteiger partial charge in [-0.15, -0.1) is 0 Å².